The molecule has 0 spiro atoms. The molecule has 24 heavy (non-hydrogen) atoms. The summed E-state index contributed by atoms with van der Waals surface area (Å²) in [5.74, 6) is 0.808. The van der Waals surface area contributed by atoms with Crippen molar-refractivity contribution in [3.63, 3.8) is 0 Å². The molecule has 1 heterocycles. The molecule has 0 saturated carbocycles. The predicted octanol–water partition coefficient (Wildman–Crippen LogP) is 2.44. The summed E-state index contributed by atoms with van der Waals surface area (Å²) in [5.41, 5.74) is 12.8. The van der Waals surface area contributed by atoms with E-state index in [0.717, 1.165) is 40.4 Å². The van der Waals surface area contributed by atoms with E-state index in [0.29, 0.717) is 23.1 Å². The fourth-order valence-electron chi connectivity index (χ4n) is 1.99. The first-order valence-corrected chi connectivity index (χ1v) is 8.72. The van der Waals surface area contributed by atoms with E-state index in [1.54, 1.807) is 0 Å². The lowest BCUT2D eigenvalue weighted by Crippen LogP contribution is -2.09. The van der Waals surface area contributed by atoms with Crippen LogP contribution in [-0.4, -0.2) is 26.9 Å². The Morgan fingerprint density at radius 1 is 1.04 bits per heavy atom. The maximum Gasteiger partial charge on any atom is 0.157 e. The summed E-state index contributed by atoms with van der Waals surface area (Å²) in [6.45, 7) is 2.55. The Morgan fingerprint density at radius 2 is 1.58 bits per heavy atom. The number of amidine groups is 2. The SMILES string of the molecule is CCOc1ccc(Cc2c(SC(=N)N)ncnc2SC(=N)N)cc1. The van der Waals surface area contributed by atoms with Crippen molar-refractivity contribution in [1.82, 2.24) is 9.97 Å². The molecule has 0 aliphatic rings. The van der Waals surface area contributed by atoms with Gasteiger partial charge in [-0.25, -0.2) is 9.97 Å². The Morgan fingerprint density at radius 3 is 2.04 bits per heavy atom. The number of hydrogen-bond donors (Lipinski definition) is 4. The molecule has 0 fully saturated rings. The van der Waals surface area contributed by atoms with Gasteiger partial charge in [-0.2, -0.15) is 0 Å². The standard InChI is InChI=1S/C15H18N6OS2/c1-2-22-10-5-3-9(4-6-10)7-11-12(23-14(16)17)20-8-21-13(11)24-15(18)19/h3-6,8H,2,7H2,1H3,(H3,16,17)(H3,18,19). The van der Waals surface area contributed by atoms with Gasteiger partial charge in [0.25, 0.3) is 0 Å². The van der Waals surface area contributed by atoms with E-state index < -0.39 is 0 Å². The van der Waals surface area contributed by atoms with Crippen LogP contribution in [0.2, 0.25) is 0 Å². The average Bonchev–Trinajstić information content (AvgIpc) is 2.51. The number of aromatic nitrogens is 2. The van der Waals surface area contributed by atoms with Gasteiger partial charge in [0, 0.05) is 12.0 Å². The number of thioether (sulfide) groups is 2. The second kappa shape index (κ2) is 8.55. The number of hydrogen-bond acceptors (Lipinski definition) is 7. The minimum atomic E-state index is -0.0552. The van der Waals surface area contributed by atoms with E-state index in [1.807, 2.05) is 31.2 Å². The number of rotatable bonds is 6. The molecular formula is C15H18N6OS2. The third-order valence-corrected chi connectivity index (χ3v) is 4.42. The van der Waals surface area contributed by atoms with Crippen LogP contribution < -0.4 is 16.2 Å². The highest BCUT2D eigenvalue weighted by Gasteiger charge is 2.15. The number of nitrogens with two attached hydrogens (primary N) is 2. The van der Waals surface area contributed by atoms with Crippen LogP contribution in [0.15, 0.2) is 40.6 Å². The van der Waals surface area contributed by atoms with Crippen molar-refractivity contribution in [2.45, 2.75) is 23.4 Å². The quantitative estimate of drug-likeness (QED) is 0.268. The van der Waals surface area contributed by atoms with Crippen molar-refractivity contribution >= 4 is 33.9 Å². The van der Waals surface area contributed by atoms with Gasteiger partial charge in [0.05, 0.1) is 6.61 Å². The maximum absolute atomic E-state index is 7.48. The zero-order valence-corrected chi connectivity index (χ0v) is 14.7. The molecule has 2 aromatic rings. The van der Waals surface area contributed by atoms with Gasteiger partial charge in [0.1, 0.15) is 22.1 Å². The number of nitrogens with zero attached hydrogens (tertiary/aromatic N) is 2. The van der Waals surface area contributed by atoms with Crippen LogP contribution in [0, 0.1) is 10.8 Å². The Kier molecular flexibility index (Phi) is 6.44. The molecule has 0 bridgehead atoms. The average molecular weight is 362 g/mol. The van der Waals surface area contributed by atoms with Crippen LogP contribution in [0.4, 0.5) is 0 Å². The first-order chi connectivity index (χ1) is 11.5. The Bertz CT molecular complexity index is 701. The van der Waals surface area contributed by atoms with E-state index in [9.17, 15) is 0 Å². The summed E-state index contributed by atoms with van der Waals surface area (Å²) in [7, 11) is 0. The van der Waals surface area contributed by atoms with Gasteiger partial charge in [0.2, 0.25) is 0 Å². The van der Waals surface area contributed by atoms with E-state index in [1.165, 1.54) is 6.33 Å². The molecule has 0 unspecified atom stereocenters. The summed E-state index contributed by atoms with van der Waals surface area (Å²) < 4.78 is 5.44. The van der Waals surface area contributed by atoms with Crippen molar-refractivity contribution in [2.75, 3.05) is 6.61 Å². The molecule has 1 aromatic carbocycles. The highest BCUT2D eigenvalue weighted by molar-refractivity contribution is 8.14. The molecule has 0 aliphatic heterocycles. The van der Waals surface area contributed by atoms with Gasteiger partial charge in [-0.05, 0) is 48.1 Å². The lowest BCUT2D eigenvalue weighted by molar-refractivity contribution is 0.340. The van der Waals surface area contributed by atoms with Gasteiger partial charge in [-0.1, -0.05) is 12.1 Å². The minimum Gasteiger partial charge on any atom is -0.494 e. The van der Waals surface area contributed by atoms with Gasteiger partial charge in [-0.3, -0.25) is 10.8 Å². The lowest BCUT2D eigenvalue weighted by atomic mass is 10.1. The molecular weight excluding hydrogens is 344 g/mol. The van der Waals surface area contributed by atoms with Crippen LogP contribution in [0.1, 0.15) is 18.1 Å². The molecule has 0 amide bonds. The van der Waals surface area contributed by atoms with Crippen LogP contribution in [0.5, 0.6) is 5.75 Å². The zero-order valence-electron chi connectivity index (χ0n) is 13.1. The largest absolute Gasteiger partial charge is 0.494 e. The van der Waals surface area contributed by atoms with Crippen LogP contribution in [0.3, 0.4) is 0 Å². The molecule has 1 aromatic heterocycles. The van der Waals surface area contributed by atoms with Gasteiger partial charge < -0.3 is 16.2 Å². The summed E-state index contributed by atoms with van der Waals surface area (Å²) in [5, 5.41) is 16.0. The molecule has 0 saturated heterocycles. The molecule has 0 aliphatic carbocycles. The molecule has 7 nitrogen and oxygen atoms in total. The molecule has 0 radical (unpaired) electrons. The minimum absolute atomic E-state index is 0.0552. The maximum atomic E-state index is 7.48. The Labute approximate surface area is 148 Å². The second-order valence-corrected chi connectivity index (χ2v) is 6.71. The lowest BCUT2D eigenvalue weighted by Gasteiger charge is -2.12. The van der Waals surface area contributed by atoms with Crippen molar-refractivity contribution in [3.8, 4) is 5.75 Å². The van der Waals surface area contributed by atoms with Crippen molar-refractivity contribution in [1.29, 1.82) is 10.8 Å². The summed E-state index contributed by atoms with van der Waals surface area (Å²) in [4.78, 5) is 8.42. The molecule has 6 N–H and O–H groups in total. The highest BCUT2D eigenvalue weighted by atomic mass is 32.2. The molecule has 0 atom stereocenters. The van der Waals surface area contributed by atoms with Crippen LogP contribution >= 0.6 is 23.5 Å². The van der Waals surface area contributed by atoms with Gasteiger partial charge in [-0.15, -0.1) is 0 Å². The normalized spacial score (nSPS) is 10.4. The Balaban J connectivity index is 2.34. The van der Waals surface area contributed by atoms with E-state index >= 15 is 0 Å². The Hall–Kier alpha value is -2.26. The number of benzene rings is 1. The molecule has 2 rings (SSSR count). The van der Waals surface area contributed by atoms with E-state index in [4.69, 9.17) is 27.0 Å². The summed E-state index contributed by atoms with van der Waals surface area (Å²) >= 11 is 2.12. The first-order valence-electron chi connectivity index (χ1n) is 7.09. The predicted molar refractivity (Wildman–Crippen MR) is 98.0 cm³/mol. The topological polar surface area (TPSA) is 135 Å². The fourth-order valence-corrected chi connectivity index (χ4v) is 3.26. The summed E-state index contributed by atoms with van der Waals surface area (Å²) in [6.07, 6.45) is 1.93. The molecule has 9 heteroatoms. The number of ether oxygens (including phenoxy) is 1. The van der Waals surface area contributed by atoms with Crippen LogP contribution in [-0.2, 0) is 6.42 Å². The van der Waals surface area contributed by atoms with Crippen LogP contribution in [0.25, 0.3) is 0 Å². The van der Waals surface area contributed by atoms with Crippen molar-refractivity contribution in [3.05, 3.63) is 41.7 Å². The van der Waals surface area contributed by atoms with Gasteiger partial charge >= 0.3 is 0 Å². The monoisotopic (exact) mass is 362 g/mol. The van der Waals surface area contributed by atoms with E-state index in [2.05, 4.69) is 9.97 Å². The third kappa shape index (κ3) is 5.14. The fraction of sp³-hybridized carbons (Fsp3) is 0.200. The smallest absolute Gasteiger partial charge is 0.157 e. The van der Waals surface area contributed by atoms with Crippen molar-refractivity contribution in [2.24, 2.45) is 11.5 Å². The third-order valence-electron chi connectivity index (χ3n) is 2.89. The first kappa shape index (κ1) is 18.1. The number of nitrogens with one attached hydrogen (secondary N) is 2. The summed E-state index contributed by atoms with van der Waals surface area (Å²) in [6, 6.07) is 7.72. The zero-order chi connectivity index (χ0) is 17.5. The van der Waals surface area contributed by atoms with E-state index in [-0.39, 0.29) is 10.3 Å². The second-order valence-electron chi connectivity index (χ2n) is 4.65. The van der Waals surface area contributed by atoms with Gasteiger partial charge in [0.15, 0.2) is 10.3 Å². The molecule has 126 valence electrons. The van der Waals surface area contributed by atoms with Crippen molar-refractivity contribution < 1.29 is 4.74 Å². The highest BCUT2D eigenvalue weighted by Crippen LogP contribution is 2.30.